The first-order chi connectivity index (χ1) is 17.9. The quantitative estimate of drug-likeness (QED) is 0.246. The van der Waals surface area contributed by atoms with Crippen LogP contribution >= 0.6 is 0 Å². The highest BCUT2D eigenvalue weighted by atomic mass is 19.1. The molecule has 9 nitrogen and oxygen atoms in total. The topological polar surface area (TPSA) is 117 Å². The van der Waals surface area contributed by atoms with E-state index in [1.807, 2.05) is 19.9 Å². The van der Waals surface area contributed by atoms with E-state index in [4.69, 9.17) is 0 Å². The van der Waals surface area contributed by atoms with Crippen molar-refractivity contribution < 1.29 is 9.18 Å². The number of urea groups is 1. The second-order valence-corrected chi connectivity index (χ2v) is 10.9. The summed E-state index contributed by atoms with van der Waals surface area (Å²) in [5.74, 6) is 0.372. The van der Waals surface area contributed by atoms with E-state index in [1.165, 1.54) is 12.1 Å². The Labute approximate surface area is 220 Å². The number of rotatable bonds is 6. The Morgan fingerprint density at radius 1 is 1.08 bits per heavy atom. The van der Waals surface area contributed by atoms with Crippen LogP contribution < -0.4 is 21.5 Å². The van der Waals surface area contributed by atoms with Gasteiger partial charge in [-0.2, -0.15) is 5.10 Å². The fourth-order valence-corrected chi connectivity index (χ4v) is 4.49. The highest BCUT2D eigenvalue weighted by Crippen LogP contribution is 2.30. The second-order valence-electron chi connectivity index (χ2n) is 10.9. The van der Waals surface area contributed by atoms with Gasteiger partial charge in [-0.1, -0.05) is 20.8 Å². The van der Waals surface area contributed by atoms with Crippen molar-refractivity contribution in [2.45, 2.75) is 54.0 Å². The first-order valence-electron chi connectivity index (χ1n) is 12.5. The fourth-order valence-electron chi connectivity index (χ4n) is 4.49. The van der Waals surface area contributed by atoms with Gasteiger partial charge in [0.1, 0.15) is 11.6 Å². The van der Waals surface area contributed by atoms with Gasteiger partial charge < -0.3 is 15.2 Å². The Morgan fingerprint density at radius 3 is 2.47 bits per heavy atom. The number of hydrogen-bond acceptors (Lipinski definition) is 5. The van der Waals surface area contributed by atoms with Crippen molar-refractivity contribution in [2.75, 3.05) is 23.0 Å². The average molecular weight is 520 g/mol. The summed E-state index contributed by atoms with van der Waals surface area (Å²) in [6.45, 7) is 11.9. The maximum atomic E-state index is 14.9. The minimum absolute atomic E-state index is 0.0483. The number of nitrogens with zero attached hydrogens (tertiary/aromatic N) is 3. The summed E-state index contributed by atoms with van der Waals surface area (Å²) in [6, 6.07) is 7.37. The molecule has 4 rings (SSSR count). The number of nitrogens with one attached hydrogen (secondary N) is 4. The molecule has 3 aromatic heterocycles. The van der Waals surface area contributed by atoms with Crippen LogP contribution in [0.2, 0.25) is 0 Å². The van der Waals surface area contributed by atoms with Crippen LogP contribution in [0.25, 0.3) is 22.0 Å². The molecule has 200 valence electrons. The average Bonchev–Trinajstić information content (AvgIpc) is 3.24. The number of aromatic nitrogens is 4. The molecule has 0 radical (unpaired) electrons. The van der Waals surface area contributed by atoms with Gasteiger partial charge in [0, 0.05) is 48.1 Å². The molecule has 0 aliphatic rings. The number of anilines is 3. The highest BCUT2D eigenvalue weighted by molar-refractivity contribution is 6.00. The molecule has 4 N–H and O–H groups in total. The molecule has 0 saturated carbocycles. The molecule has 0 unspecified atom stereocenters. The molecule has 0 fully saturated rings. The van der Waals surface area contributed by atoms with Gasteiger partial charge in [-0.3, -0.25) is 15.2 Å². The lowest BCUT2D eigenvalue weighted by molar-refractivity contribution is 0.262. The molecule has 0 bridgehead atoms. The number of aromatic amines is 1. The Hall–Kier alpha value is -4.21. The van der Waals surface area contributed by atoms with E-state index in [-0.39, 0.29) is 22.7 Å². The molecule has 1 aromatic carbocycles. The molecule has 2 amide bonds. The van der Waals surface area contributed by atoms with Gasteiger partial charge in [0.25, 0.3) is 5.56 Å². The van der Waals surface area contributed by atoms with Crippen molar-refractivity contribution in [3.05, 3.63) is 64.0 Å². The number of benzene rings is 1. The van der Waals surface area contributed by atoms with Gasteiger partial charge >= 0.3 is 6.03 Å². The van der Waals surface area contributed by atoms with Gasteiger partial charge in [0.15, 0.2) is 5.82 Å². The van der Waals surface area contributed by atoms with E-state index in [9.17, 15) is 14.0 Å². The number of pyridine rings is 2. The number of fused-ring (bicyclic) bond motifs is 1. The molecule has 0 spiro atoms. The molecule has 0 aliphatic heterocycles. The molecule has 3 heterocycles. The van der Waals surface area contributed by atoms with Gasteiger partial charge in [-0.25, -0.2) is 14.2 Å². The van der Waals surface area contributed by atoms with Crippen molar-refractivity contribution in [1.82, 2.24) is 19.7 Å². The summed E-state index contributed by atoms with van der Waals surface area (Å²) in [6.07, 6.45) is 2.46. The fraction of sp³-hybridized carbons (Fsp3) is 0.357. The molecule has 4 aromatic rings. The zero-order valence-electron chi connectivity index (χ0n) is 22.8. The molecular formula is C28H34FN7O2. The van der Waals surface area contributed by atoms with Crippen LogP contribution in [0, 0.1) is 18.2 Å². The standard InChI is InChI=1S/C28H34FN7O2/c1-15(2)36-23-12-24(30-7)31-14-17(23)9-20(26(36)37)19-11-22(21(29)8-16(19)3)32-27(38)33-25-10-18(34-35-25)13-28(4,5)6/h8-12,14-15H,13H2,1-7H3,(H,30,31)(H3,32,33,34,35,38). The van der Waals surface area contributed by atoms with Crippen LogP contribution in [0.1, 0.15) is 51.9 Å². The molecule has 0 atom stereocenters. The van der Waals surface area contributed by atoms with Gasteiger partial charge in [-0.05, 0) is 61.9 Å². The van der Waals surface area contributed by atoms with Crippen LogP contribution in [0.3, 0.4) is 0 Å². The number of halogens is 1. The number of hydrogen-bond donors (Lipinski definition) is 4. The number of carbonyl (C=O) groups excluding carboxylic acids is 1. The van der Waals surface area contributed by atoms with Gasteiger partial charge in [0.05, 0.1) is 11.2 Å². The largest absolute Gasteiger partial charge is 0.373 e. The van der Waals surface area contributed by atoms with E-state index in [2.05, 4.69) is 51.9 Å². The molecule has 10 heteroatoms. The summed E-state index contributed by atoms with van der Waals surface area (Å²) in [4.78, 5) is 30.7. The van der Waals surface area contributed by atoms with Gasteiger partial charge in [0.2, 0.25) is 0 Å². The number of amides is 2. The summed E-state index contributed by atoms with van der Waals surface area (Å²) in [7, 11) is 1.77. The lowest BCUT2D eigenvalue weighted by Crippen LogP contribution is -2.24. The third-order valence-corrected chi connectivity index (χ3v) is 6.14. The van der Waals surface area contributed by atoms with E-state index in [1.54, 1.807) is 36.9 Å². The van der Waals surface area contributed by atoms with Crippen molar-refractivity contribution in [1.29, 1.82) is 0 Å². The van der Waals surface area contributed by atoms with Crippen LogP contribution in [-0.4, -0.2) is 32.8 Å². The van der Waals surface area contributed by atoms with Crippen molar-refractivity contribution in [3.8, 4) is 11.1 Å². The van der Waals surface area contributed by atoms with E-state index >= 15 is 0 Å². The summed E-state index contributed by atoms with van der Waals surface area (Å²) >= 11 is 0. The SMILES string of the molecule is CNc1cc2c(cn1)cc(-c1cc(NC(=O)Nc3cc(CC(C)(C)C)[nH]n3)c(F)cc1C)c(=O)n2C(C)C. The summed E-state index contributed by atoms with van der Waals surface area (Å²) < 4.78 is 16.6. The molecule has 0 saturated heterocycles. The number of H-pyrrole nitrogens is 1. The van der Waals surface area contributed by atoms with Crippen LogP contribution in [0.4, 0.5) is 26.5 Å². The lowest BCUT2D eigenvalue weighted by atomic mass is 9.91. The van der Waals surface area contributed by atoms with Crippen LogP contribution in [0.5, 0.6) is 0 Å². The van der Waals surface area contributed by atoms with E-state index < -0.39 is 11.8 Å². The molecular weight excluding hydrogens is 485 g/mol. The third-order valence-electron chi connectivity index (χ3n) is 6.14. The zero-order valence-corrected chi connectivity index (χ0v) is 22.8. The van der Waals surface area contributed by atoms with Crippen LogP contribution in [0.15, 0.2) is 41.3 Å². The summed E-state index contributed by atoms with van der Waals surface area (Å²) in [5.41, 5.74) is 2.90. The Balaban J connectivity index is 1.68. The number of carbonyl (C=O) groups is 1. The Kier molecular flexibility index (Phi) is 7.26. The predicted molar refractivity (Wildman–Crippen MR) is 150 cm³/mol. The lowest BCUT2D eigenvalue weighted by Gasteiger charge is -2.18. The third kappa shape index (κ3) is 5.69. The Morgan fingerprint density at radius 2 is 1.82 bits per heavy atom. The van der Waals surface area contributed by atoms with Crippen molar-refractivity contribution >= 4 is 34.3 Å². The Bertz CT molecular complexity index is 1560. The second kappa shape index (κ2) is 10.3. The van der Waals surface area contributed by atoms with Crippen molar-refractivity contribution in [3.63, 3.8) is 0 Å². The predicted octanol–water partition coefficient (Wildman–Crippen LogP) is 6.09. The normalized spacial score (nSPS) is 11.7. The van der Waals surface area contributed by atoms with Crippen LogP contribution in [-0.2, 0) is 6.42 Å². The van der Waals surface area contributed by atoms with Crippen molar-refractivity contribution in [2.24, 2.45) is 5.41 Å². The van der Waals surface area contributed by atoms with E-state index in [0.29, 0.717) is 28.3 Å². The minimum atomic E-state index is -0.644. The van der Waals surface area contributed by atoms with Gasteiger partial charge in [-0.15, -0.1) is 0 Å². The highest BCUT2D eigenvalue weighted by Gasteiger charge is 2.19. The first-order valence-corrected chi connectivity index (χ1v) is 12.5. The molecule has 0 aliphatic carbocycles. The zero-order chi connectivity index (χ0) is 27.8. The minimum Gasteiger partial charge on any atom is -0.373 e. The first kappa shape index (κ1) is 26.8. The maximum absolute atomic E-state index is 14.9. The summed E-state index contributed by atoms with van der Waals surface area (Å²) in [5, 5.41) is 16.0. The maximum Gasteiger partial charge on any atom is 0.324 e. The smallest absolute Gasteiger partial charge is 0.324 e. The van der Waals surface area contributed by atoms with E-state index in [0.717, 1.165) is 23.0 Å². The molecule has 38 heavy (non-hydrogen) atoms. The monoisotopic (exact) mass is 519 g/mol. The number of aryl methyl sites for hydroxylation is 1.